The maximum Gasteiger partial charge on any atom is 0.416 e. The summed E-state index contributed by atoms with van der Waals surface area (Å²) in [6.45, 7) is 0.380. The largest absolute Gasteiger partial charge is 0.416 e. The van der Waals surface area contributed by atoms with Crippen LogP contribution in [-0.4, -0.2) is 25.7 Å². The van der Waals surface area contributed by atoms with Crippen LogP contribution in [0, 0.1) is 0 Å². The van der Waals surface area contributed by atoms with Gasteiger partial charge in [0.25, 0.3) is 5.91 Å². The molecule has 0 saturated heterocycles. The highest BCUT2D eigenvalue weighted by molar-refractivity contribution is 6.38. The maximum absolute atomic E-state index is 12.7. The SMILES string of the molecule is O=C(Nc1ccc(C(F)(F)F)cc1)c1cnc2c(cnn2Cc2ccccn2)c1Cl. The smallest absolute Gasteiger partial charge is 0.322 e. The van der Waals surface area contributed by atoms with Crippen LogP contribution in [0.15, 0.2) is 61.1 Å². The number of benzene rings is 1. The molecule has 0 aliphatic heterocycles. The molecule has 30 heavy (non-hydrogen) atoms. The quantitative estimate of drug-likeness (QED) is 0.504. The van der Waals surface area contributed by atoms with Gasteiger partial charge in [0.2, 0.25) is 0 Å². The Morgan fingerprint density at radius 3 is 2.50 bits per heavy atom. The van der Waals surface area contributed by atoms with Gasteiger partial charge in [0.15, 0.2) is 5.65 Å². The molecular formula is C20H13ClF3N5O. The number of halogens is 4. The molecule has 4 aromatic rings. The van der Waals surface area contributed by atoms with Crippen molar-refractivity contribution in [3.8, 4) is 0 Å². The highest BCUT2D eigenvalue weighted by atomic mass is 35.5. The zero-order valence-corrected chi connectivity index (χ0v) is 15.9. The van der Waals surface area contributed by atoms with Gasteiger partial charge in [-0.3, -0.25) is 9.78 Å². The number of alkyl halides is 3. The summed E-state index contributed by atoms with van der Waals surface area (Å²) in [6, 6.07) is 9.64. The predicted octanol–water partition coefficient (Wildman–Crippen LogP) is 4.80. The standard InChI is InChI=1S/C20H13ClF3N5O/c21-17-15-10-27-29(11-14-3-1-2-8-25-14)18(15)26-9-16(17)19(30)28-13-6-4-12(5-7-13)20(22,23)24/h1-10H,11H2,(H,28,30). The summed E-state index contributed by atoms with van der Waals surface area (Å²) < 4.78 is 39.6. The Labute approximate surface area is 173 Å². The van der Waals surface area contributed by atoms with Gasteiger partial charge in [-0.1, -0.05) is 17.7 Å². The van der Waals surface area contributed by atoms with E-state index in [1.807, 2.05) is 12.1 Å². The molecule has 0 atom stereocenters. The normalized spacial score (nSPS) is 11.6. The highest BCUT2D eigenvalue weighted by Crippen LogP contribution is 2.30. The van der Waals surface area contributed by atoms with E-state index in [9.17, 15) is 18.0 Å². The van der Waals surface area contributed by atoms with Gasteiger partial charge in [0.05, 0.1) is 40.0 Å². The topological polar surface area (TPSA) is 72.7 Å². The van der Waals surface area contributed by atoms with Gasteiger partial charge in [-0.25, -0.2) is 9.67 Å². The zero-order chi connectivity index (χ0) is 21.3. The summed E-state index contributed by atoms with van der Waals surface area (Å²) in [4.78, 5) is 21.1. The molecular weight excluding hydrogens is 419 g/mol. The van der Waals surface area contributed by atoms with E-state index >= 15 is 0 Å². The molecule has 0 saturated carbocycles. The second kappa shape index (κ2) is 7.75. The summed E-state index contributed by atoms with van der Waals surface area (Å²) in [5.74, 6) is -0.591. The number of hydrogen-bond acceptors (Lipinski definition) is 4. The second-order valence-electron chi connectivity index (χ2n) is 6.38. The summed E-state index contributed by atoms with van der Waals surface area (Å²) in [7, 11) is 0. The van der Waals surface area contributed by atoms with E-state index in [0.29, 0.717) is 17.6 Å². The number of amides is 1. The fourth-order valence-corrected chi connectivity index (χ4v) is 3.13. The molecule has 0 fully saturated rings. The number of nitrogens with zero attached hydrogens (tertiary/aromatic N) is 4. The Hall–Kier alpha value is -3.46. The first kappa shape index (κ1) is 19.8. The molecule has 0 spiro atoms. The van der Waals surface area contributed by atoms with Crippen molar-refractivity contribution in [2.24, 2.45) is 0 Å². The van der Waals surface area contributed by atoms with E-state index in [4.69, 9.17) is 11.6 Å². The number of aromatic nitrogens is 4. The molecule has 0 aliphatic carbocycles. The van der Waals surface area contributed by atoms with Gasteiger partial charge in [-0.05, 0) is 36.4 Å². The van der Waals surface area contributed by atoms with Crippen molar-refractivity contribution < 1.29 is 18.0 Å². The predicted molar refractivity (Wildman–Crippen MR) is 105 cm³/mol. The van der Waals surface area contributed by atoms with E-state index in [-0.39, 0.29) is 16.3 Å². The minimum Gasteiger partial charge on any atom is -0.322 e. The van der Waals surface area contributed by atoms with Gasteiger partial charge in [0.1, 0.15) is 0 Å². The van der Waals surface area contributed by atoms with Crippen molar-refractivity contribution in [3.63, 3.8) is 0 Å². The molecule has 0 bridgehead atoms. The minimum atomic E-state index is -4.45. The van der Waals surface area contributed by atoms with Crippen LogP contribution in [-0.2, 0) is 12.7 Å². The monoisotopic (exact) mass is 431 g/mol. The van der Waals surface area contributed by atoms with E-state index in [2.05, 4.69) is 20.4 Å². The van der Waals surface area contributed by atoms with Crippen LogP contribution in [0.1, 0.15) is 21.6 Å². The fraction of sp³-hybridized carbons (Fsp3) is 0.100. The lowest BCUT2D eigenvalue weighted by molar-refractivity contribution is -0.137. The van der Waals surface area contributed by atoms with Crippen molar-refractivity contribution in [3.05, 3.63) is 82.9 Å². The molecule has 3 heterocycles. The third-order valence-corrected chi connectivity index (χ3v) is 4.76. The Morgan fingerprint density at radius 2 is 1.83 bits per heavy atom. The number of nitrogens with one attached hydrogen (secondary N) is 1. The third kappa shape index (κ3) is 3.97. The lowest BCUT2D eigenvalue weighted by atomic mass is 10.2. The van der Waals surface area contributed by atoms with Crippen LogP contribution < -0.4 is 5.32 Å². The lowest BCUT2D eigenvalue weighted by Gasteiger charge is -2.10. The van der Waals surface area contributed by atoms with Gasteiger partial charge < -0.3 is 5.32 Å². The Kier molecular flexibility index (Phi) is 5.13. The summed E-state index contributed by atoms with van der Waals surface area (Å²) in [5.41, 5.74) is 0.750. The number of carbonyl (C=O) groups excluding carboxylic acids is 1. The molecule has 0 aliphatic rings. The lowest BCUT2D eigenvalue weighted by Crippen LogP contribution is -2.14. The van der Waals surface area contributed by atoms with Crippen LogP contribution >= 0.6 is 11.6 Å². The number of fused-ring (bicyclic) bond motifs is 1. The molecule has 1 aromatic carbocycles. The first-order valence-electron chi connectivity index (χ1n) is 8.71. The van der Waals surface area contributed by atoms with E-state index < -0.39 is 17.6 Å². The molecule has 6 nitrogen and oxygen atoms in total. The van der Waals surface area contributed by atoms with Crippen molar-refractivity contribution >= 4 is 34.2 Å². The van der Waals surface area contributed by atoms with Crippen LogP contribution in [0.25, 0.3) is 11.0 Å². The van der Waals surface area contributed by atoms with Gasteiger partial charge in [0, 0.05) is 18.1 Å². The average molecular weight is 432 g/mol. The number of anilines is 1. The van der Waals surface area contributed by atoms with Gasteiger partial charge in [-0.2, -0.15) is 18.3 Å². The first-order valence-corrected chi connectivity index (χ1v) is 9.09. The summed E-state index contributed by atoms with van der Waals surface area (Å²) >= 11 is 6.39. The molecule has 1 amide bonds. The average Bonchev–Trinajstić information content (AvgIpc) is 3.12. The fourth-order valence-electron chi connectivity index (χ4n) is 2.86. The number of pyridine rings is 2. The number of carbonyl (C=O) groups is 1. The van der Waals surface area contributed by atoms with Crippen LogP contribution in [0.4, 0.5) is 18.9 Å². The Bertz CT molecular complexity index is 1210. The summed E-state index contributed by atoms with van der Waals surface area (Å²) in [6.07, 6.45) is 0.0323. The second-order valence-corrected chi connectivity index (χ2v) is 6.75. The minimum absolute atomic E-state index is 0.0847. The molecule has 1 N–H and O–H groups in total. The molecule has 4 rings (SSSR count). The Balaban J connectivity index is 1.57. The summed E-state index contributed by atoms with van der Waals surface area (Å²) in [5, 5.41) is 7.41. The van der Waals surface area contributed by atoms with Crippen molar-refractivity contribution in [2.75, 3.05) is 5.32 Å². The Morgan fingerprint density at radius 1 is 1.07 bits per heavy atom. The van der Waals surface area contributed by atoms with Crippen LogP contribution in [0.3, 0.4) is 0 Å². The molecule has 0 radical (unpaired) electrons. The highest BCUT2D eigenvalue weighted by Gasteiger charge is 2.30. The number of rotatable bonds is 4. The van der Waals surface area contributed by atoms with Crippen LogP contribution in [0.2, 0.25) is 5.02 Å². The van der Waals surface area contributed by atoms with E-state index in [1.165, 1.54) is 24.5 Å². The molecule has 0 unspecified atom stereocenters. The van der Waals surface area contributed by atoms with Crippen molar-refractivity contribution in [1.82, 2.24) is 19.7 Å². The van der Waals surface area contributed by atoms with Gasteiger partial charge >= 0.3 is 6.18 Å². The maximum atomic E-state index is 12.7. The van der Waals surface area contributed by atoms with E-state index in [0.717, 1.165) is 17.8 Å². The molecule has 152 valence electrons. The third-order valence-electron chi connectivity index (χ3n) is 4.35. The van der Waals surface area contributed by atoms with Gasteiger partial charge in [-0.15, -0.1) is 0 Å². The van der Waals surface area contributed by atoms with Crippen LogP contribution in [0.5, 0.6) is 0 Å². The van der Waals surface area contributed by atoms with Crippen molar-refractivity contribution in [1.29, 1.82) is 0 Å². The molecule has 10 heteroatoms. The first-order chi connectivity index (χ1) is 14.3. The molecule has 3 aromatic heterocycles. The van der Waals surface area contributed by atoms with E-state index in [1.54, 1.807) is 16.9 Å². The number of hydrogen-bond donors (Lipinski definition) is 1. The zero-order valence-electron chi connectivity index (χ0n) is 15.2. The van der Waals surface area contributed by atoms with Crippen molar-refractivity contribution in [2.45, 2.75) is 12.7 Å².